The minimum atomic E-state index is -0.261. The van der Waals surface area contributed by atoms with Gasteiger partial charge in [0.1, 0.15) is 0 Å². The first-order chi connectivity index (χ1) is 5.75. The standard InChI is InChI=1S/C8H16N2O2/c9-8(12)7-3-1-2-4-10(7)5-6-11/h7,11H,1-6H2,(H2,9,12). The lowest BCUT2D eigenvalue weighted by atomic mass is 10.0. The van der Waals surface area contributed by atoms with Crippen molar-refractivity contribution >= 4 is 5.91 Å². The number of β-amino-alcohol motifs (C(OH)–C–C–N with tert-alkyl or cyclic N) is 1. The topological polar surface area (TPSA) is 66.6 Å². The molecule has 0 spiro atoms. The molecule has 1 unspecified atom stereocenters. The van der Waals surface area contributed by atoms with Crippen molar-refractivity contribution in [3.63, 3.8) is 0 Å². The Morgan fingerprint density at radius 1 is 1.58 bits per heavy atom. The third kappa shape index (κ3) is 2.19. The molecular weight excluding hydrogens is 156 g/mol. The van der Waals surface area contributed by atoms with Crippen LogP contribution in [-0.4, -0.2) is 41.7 Å². The smallest absolute Gasteiger partial charge is 0.234 e. The highest BCUT2D eigenvalue weighted by molar-refractivity contribution is 5.79. The molecule has 0 aromatic heterocycles. The average Bonchev–Trinajstić information content (AvgIpc) is 2.05. The number of primary amides is 1. The molecule has 0 aromatic carbocycles. The Morgan fingerprint density at radius 3 is 2.92 bits per heavy atom. The highest BCUT2D eigenvalue weighted by Gasteiger charge is 2.25. The lowest BCUT2D eigenvalue weighted by molar-refractivity contribution is -0.124. The summed E-state index contributed by atoms with van der Waals surface area (Å²) < 4.78 is 0. The second-order valence-electron chi connectivity index (χ2n) is 3.17. The molecule has 1 aliphatic rings. The molecule has 1 amide bonds. The lowest BCUT2D eigenvalue weighted by Crippen LogP contribution is -2.48. The number of aliphatic hydroxyl groups excluding tert-OH is 1. The number of nitrogens with zero attached hydrogens (tertiary/aromatic N) is 1. The van der Waals surface area contributed by atoms with E-state index in [1.807, 2.05) is 4.90 Å². The fourth-order valence-electron chi connectivity index (χ4n) is 1.71. The minimum Gasteiger partial charge on any atom is -0.395 e. The normalized spacial score (nSPS) is 25.6. The summed E-state index contributed by atoms with van der Waals surface area (Å²) in [5.74, 6) is -0.261. The summed E-state index contributed by atoms with van der Waals surface area (Å²) in [7, 11) is 0. The highest BCUT2D eigenvalue weighted by Crippen LogP contribution is 2.15. The van der Waals surface area contributed by atoms with E-state index >= 15 is 0 Å². The van der Waals surface area contributed by atoms with Crippen molar-refractivity contribution in [3.8, 4) is 0 Å². The Hall–Kier alpha value is -0.610. The van der Waals surface area contributed by atoms with Crippen LogP contribution >= 0.6 is 0 Å². The zero-order valence-electron chi connectivity index (χ0n) is 7.20. The Kier molecular flexibility index (Phi) is 3.49. The van der Waals surface area contributed by atoms with Gasteiger partial charge in [-0.1, -0.05) is 6.42 Å². The van der Waals surface area contributed by atoms with Crippen LogP contribution < -0.4 is 5.73 Å². The number of hydrogen-bond donors (Lipinski definition) is 2. The van der Waals surface area contributed by atoms with Gasteiger partial charge >= 0.3 is 0 Å². The molecule has 3 N–H and O–H groups in total. The molecule has 70 valence electrons. The minimum absolute atomic E-state index is 0.101. The zero-order valence-corrected chi connectivity index (χ0v) is 7.20. The van der Waals surface area contributed by atoms with Crippen LogP contribution in [0.4, 0.5) is 0 Å². The molecule has 0 saturated carbocycles. The Bertz CT molecular complexity index is 159. The molecule has 1 rings (SSSR count). The van der Waals surface area contributed by atoms with Gasteiger partial charge in [0.15, 0.2) is 0 Å². The van der Waals surface area contributed by atoms with Gasteiger partial charge in [0.25, 0.3) is 0 Å². The van der Waals surface area contributed by atoms with Gasteiger partial charge in [-0.05, 0) is 19.4 Å². The number of carbonyl (C=O) groups is 1. The lowest BCUT2D eigenvalue weighted by Gasteiger charge is -2.32. The second-order valence-corrected chi connectivity index (χ2v) is 3.17. The van der Waals surface area contributed by atoms with E-state index in [9.17, 15) is 4.79 Å². The van der Waals surface area contributed by atoms with Crippen molar-refractivity contribution in [1.82, 2.24) is 4.90 Å². The molecule has 12 heavy (non-hydrogen) atoms. The number of rotatable bonds is 3. The van der Waals surface area contributed by atoms with Crippen LogP contribution in [0.5, 0.6) is 0 Å². The first-order valence-corrected chi connectivity index (χ1v) is 4.40. The van der Waals surface area contributed by atoms with Crippen LogP contribution in [0.3, 0.4) is 0 Å². The van der Waals surface area contributed by atoms with Gasteiger partial charge < -0.3 is 10.8 Å². The van der Waals surface area contributed by atoms with Gasteiger partial charge in [0, 0.05) is 6.54 Å². The third-order valence-corrected chi connectivity index (χ3v) is 2.33. The number of piperidine rings is 1. The number of nitrogens with two attached hydrogens (primary N) is 1. The molecule has 1 saturated heterocycles. The maximum atomic E-state index is 10.9. The number of hydrogen-bond acceptors (Lipinski definition) is 3. The van der Waals surface area contributed by atoms with Gasteiger partial charge in [0.05, 0.1) is 12.6 Å². The summed E-state index contributed by atoms with van der Waals surface area (Å²) in [5.41, 5.74) is 5.23. The number of carbonyl (C=O) groups excluding carboxylic acids is 1. The molecule has 0 radical (unpaired) electrons. The van der Waals surface area contributed by atoms with E-state index < -0.39 is 0 Å². The predicted molar refractivity (Wildman–Crippen MR) is 45.5 cm³/mol. The molecule has 4 heteroatoms. The Balaban J connectivity index is 2.48. The van der Waals surface area contributed by atoms with E-state index in [1.54, 1.807) is 0 Å². The molecule has 0 aromatic rings. The van der Waals surface area contributed by atoms with Gasteiger partial charge in [-0.15, -0.1) is 0 Å². The fourth-order valence-corrected chi connectivity index (χ4v) is 1.71. The quantitative estimate of drug-likeness (QED) is 0.592. The molecule has 0 aliphatic carbocycles. The van der Waals surface area contributed by atoms with Crippen LogP contribution in [-0.2, 0) is 4.79 Å². The van der Waals surface area contributed by atoms with Gasteiger partial charge in [-0.25, -0.2) is 0 Å². The Labute approximate surface area is 72.3 Å². The SMILES string of the molecule is NC(=O)C1CCCCN1CCO. The molecule has 1 heterocycles. The zero-order chi connectivity index (χ0) is 8.97. The summed E-state index contributed by atoms with van der Waals surface area (Å²) in [5, 5.41) is 8.72. The molecule has 4 nitrogen and oxygen atoms in total. The molecular formula is C8H16N2O2. The van der Waals surface area contributed by atoms with Crippen molar-refractivity contribution in [3.05, 3.63) is 0 Å². The first-order valence-electron chi connectivity index (χ1n) is 4.40. The van der Waals surface area contributed by atoms with Crippen LogP contribution in [0.15, 0.2) is 0 Å². The first kappa shape index (κ1) is 9.48. The molecule has 1 fully saturated rings. The fraction of sp³-hybridized carbons (Fsp3) is 0.875. The van der Waals surface area contributed by atoms with Crippen molar-refractivity contribution in [1.29, 1.82) is 0 Å². The van der Waals surface area contributed by atoms with Crippen molar-refractivity contribution in [2.45, 2.75) is 25.3 Å². The maximum Gasteiger partial charge on any atom is 0.234 e. The maximum absolute atomic E-state index is 10.9. The van der Waals surface area contributed by atoms with Crippen LogP contribution in [0.25, 0.3) is 0 Å². The van der Waals surface area contributed by atoms with Crippen molar-refractivity contribution in [2.24, 2.45) is 5.73 Å². The van der Waals surface area contributed by atoms with E-state index in [-0.39, 0.29) is 18.6 Å². The largest absolute Gasteiger partial charge is 0.395 e. The molecule has 1 atom stereocenters. The molecule has 1 aliphatic heterocycles. The average molecular weight is 172 g/mol. The van der Waals surface area contributed by atoms with Crippen molar-refractivity contribution in [2.75, 3.05) is 19.7 Å². The van der Waals surface area contributed by atoms with Crippen LogP contribution in [0.1, 0.15) is 19.3 Å². The number of amides is 1. The second kappa shape index (κ2) is 4.42. The number of aliphatic hydroxyl groups is 1. The monoisotopic (exact) mass is 172 g/mol. The van der Waals surface area contributed by atoms with E-state index in [1.165, 1.54) is 0 Å². The summed E-state index contributed by atoms with van der Waals surface area (Å²) in [6.45, 7) is 1.55. The van der Waals surface area contributed by atoms with Crippen LogP contribution in [0, 0.1) is 0 Å². The summed E-state index contributed by atoms with van der Waals surface area (Å²) in [4.78, 5) is 12.9. The van der Waals surface area contributed by atoms with E-state index in [4.69, 9.17) is 10.8 Å². The van der Waals surface area contributed by atoms with Crippen LogP contribution in [0.2, 0.25) is 0 Å². The summed E-state index contributed by atoms with van der Waals surface area (Å²) >= 11 is 0. The van der Waals surface area contributed by atoms with Gasteiger partial charge in [0.2, 0.25) is 5.91 Å². The van der Waals surface area contributed by atoms with Gasteiger partial charge in [-0.3, -0.25) is 9.69 Å². The predicted octanol–water partition coefficient (Wildman–Crippen LogP) is -0.681. The number of likely N-dealkylation sites (tertiary alicyclic amines) is 1. The molecule has 0 bridgehead atoms. The highest BCUT2D eigenvalue weighted by atomic mass is 16.3. The summed E-state index contributed by atoms with van der Waals surface area (Å²) in [6, 6.07) is -0.147. The Morgan fingerprint density at radius 2 is 2.33 bits per heavy atom. The van der Waals surface area contributed by atoms with Gasteiger partial charge in [-0.2, -0.15) is 0 Å². The summed E-state index contributed by atoms with van der Waals surface area (Å²) in [6.07, 6.45) is 3.01. The van der Waals surface area contributed by atoms with Crippen molar-refractivity contribution < 1.29 is 9.90 Å². The van der Waals surface area contributed by atoms with E-state index in [0.717, 1.165) is 25.8 Å². The third-order valence-electron chi connectivity index (χ3n) is 2.33. The van der Waals surface area contributed by atoms with E-state index in [2.05, 4.69) is 0 Å². The van der Waals surface area contributed by atoms with E-state index in [0.29, 0.717) is 6.54 Å².